The van der Waals surface area contributed by atoms with Gasteiger partial charge in [-0.1, -0.05) is 0 Å². The smallest absolute Gasteiger partial charge is 0.254 e. The molecule has 1 aliphatic rings. The van der Waals surface area contributed by atoms with Crippen molar-refractivity contribution in [2.75, 3.05) is 13.1 Å². The normalized spacial score (nSPS) is 17.4. The van der Waals surface area contributed by atoms with E-state index in [9.17, 15) is 14.0 Å². The van der Waals surface area contributed by atoms with Gasteiger partial charge in [-0.05, 0) is 43.9 Å². The average Bonchev–Trinajstić information content (AvgIpc) is 2.53. The zero-order chi connectivity index (χ0) is 16.6. The molecule has 23 heavy (non-hydrogen) atoms. The summed E-state index contributed by atoms with van der Waals surface area (Å²) in [5.41, 5.74) is 6.18. The highest BCUT2D eigenvalue weighted by molar-refractivity contribution is 6.06. The van der Waals surface area contributed by atoms with E-state index < -0.39 is 11.4 Å². The van der Waals surface area contributed by atoms with Gasteiger partial charge >= 0.3 is 0 Å². The molecule has 3 rings (SSSR count). The largest absolute Gasteiger partial charge is 0.339 e. The van der Waals surface area contributed by atoms with Gasteiger partial charge in [0.15, 0.2) is 0 Å². The lowest BCUT2D eigenvalue weighted by Crippen LogP contribution is -2.42. The van der Waals surface area contributed by atoms with E-state index in [-0.39, 0.29) is 11.9 Å². The van der Waals surface area contributed by atoms with Gasteiger partial charge in [0.1, 0.15) is 5.82 Å². The van der Waals surface area contributed by atoms with E-state index >= 15 is 0 Å². The van der Waals surface area contributed by atoms with Gasteiger partial charge in [0.25, 0.3) is 5.91 Å². The van der Waals surface area contributed by atoms with Crippen molar-refractivity contribution in [2.24, 2.45) is 11.7 Å². The predicted molar refractivity (Wildman–Crippen MR) is 86.8 cm³/mol. The number of carbonyl (C=O) groups excluding carboxylic acids is 1. The minimum absolute atomic E-state index is 0.121. The SMILES string of the molecule is CC(N)C1CCN(C(=O)c2cc(=O)[nH]c3cc(F)ccc23)CC1. The predicted octanol–water partition coefficient (Wildman–Crippen LogP) is 1.87. The van der Waals surface area contributed by atoms with Crippen LogP contribution < -0.4 is 11.3 Å². The fourth-order valence-corrected chi connectivity index (χ4v) is 3.21. The van der Waals surface area contributed by atoms with E-state index in [4.69, 9.17) is 5.73 Å². The highest BCUT2D eigenvalue weighted by atomic mass is 19.1. The summed E-state index contributed by atoms with van der Waals surface area (Å²) in [5.74, 6) is -0.213. The second kappa shape index (κ2) is 6.12. The number of rotatable bonds is 2. The van der Waals surface area contributed by atoms with Crippen molar-refractivity contribution in [1.29, 1.82) is 0 Å². The summed E-state index contributed by atoms with van der Waals surface area (Å²) in [4.78, 5) is 28.9. The molecule has 1 aromatic carbocycles. The van der Waals surface area contributed by atoms with Gasteiger partial charge in [-0.15, -0.1) is 0 Å². The molecular formula is C17H20FN3O2. The second-order valence-corrected chi connectivity index (χ2v) is 6.23. The molecule has 6 heteroatoms. The minimum atomic E-state index is -0.449. The number of likely N-dealkylation sites (tertiary alicyclic amines) is 1. The summed E-state index contributed by atoms with van der Waals surface area (Å²) in [7, 11) is 0. The molecule has 2 aromatic rings. The zero-order valence-electron chi connectivity index (χ0n) is 13.0. The Morgan fingerprint density at radius 1 is 1.35 bits per heavy atom. The van der Waals surface area contributed by atoms with Gasteiger partial charge in [-0.2, -0.15) is 0 Å². The molecule has 5 nitrogen and oxygen atoms in total. The van der Waals surface area contributed by atoms with Crippen LogP contribution in [0.5, 0.6) is 0 Å². The van der Waals surface area contributed by atoms with Crippen LogP contribution in [0.25, 0.3) is 10.9 Å². The molecule has 3 N–H and O–H groups in total. The van der Waals surface area contributed by atoms with Crippen molar-refractivity contribution in [3.8, 4) is 0 Å². The third-order valence-corrected chi connectivity index (χ3v) is 4.61. The first-order valence-electron chi connectivity index (χ1n) is 7.83. The van der Waals surface area contributed by atoms with Crippen molar-refractivity contribution < 1.29 is 9.18 Å². The molecule has 1 amide bonds. The number of pyridine rings is 1. The molecule has 2 heterocycles. The quantitative estimate of drug-likeness (QED) is 0.887. The first-order valence-corrected chi connectivity index (χ1v) is 7.83. The second-order valence-electron chi connectivity index (χ2n) is 6.23. The van der Waals surface area contributed by atoms with Gasteiger partial charge in [-0.25, -0.2) is 4.39 Å². The molecule has 1 aliphatic heterocycles. The Hall–Kier alpha value is -2.21. The molecular weight excluding hydrogens is 297 g/mol. The third kappa shape index (κ3) is 3.12. The van der Waals surface area contributed by atoms with Crippen LogP contribution >= 0.6 is 0 Å². The van der Waals surface area contributed by atoms with E-state index in [2.05, 4.69) is 4.98 Å². The van der Waals surface area contributed by atoms with Crippen LogP contribution in [0.3, 0.4) is 0 Å². The van der Waals surface area contributed by atoms with Crippen molar-refractivity contribution in [3.05, 3.63) is 46.0 Å². The number of carbonyl (C=O) groups is 1. The summed E-state index contributed by atoms with van der Waals surface area (Å²) in [5, 5.41) is 0.560. The van der Waals surface area contributed by atoms with Crippen molar-refractivity contribution in [2.45, 2.75) is 25.8 Å². The summed E-state index contributed by atoms with van der Waals surface area (Å²) >= 11 is 0. The summed E-state index contributed by atoms with van der Waals surface area (Å²) in [6.07, 6.45) is 1.72. The number of nitrogens with two attached hydrogens (primary N) is 1. The van der Waals surface area contributed by atoms with E-state index in [0.717, 1.165) is 12.8 Å². The number of amides is 1. The minimum Gasteiger partial charge on any atom is -0.339 e. The number of nitrogens with one attached hydrogen (secondary N) is 1. The first kappa shape index (κ1) is 15.7. The number of halogens is 1. The number of aromatic nitrogens is 1. The Labute approximate surface area is 133 Å². The molecule has 0 saturated carbocycles. The molecule has 1 atom stereocenters. The van der Waals surface area contributed by atoms with Gasteiger partial charge in [0.2, 0.25) is 5.56 Å². The first-order chi connectivity index (χ1) is 11.0. The number of H-pyrrole nitrogens is 1. The Balaban J connectivity index is 1.91. The fraction of sp³-hybridized carbons (Fsp3) is 0.412. The zero-order valence-corrected chi connectivity index (χ0v) is 13.0. The van der Waals surface area contributed by atoms with Gasteiger partial charge in [0.05, 0.1) is 11.1 Å². The Kier molecular flexibility index (Phi) is 4.17. The van der Waals surface area contributed by atoms with Crippen LogP contribution in [0.4, 0.5) is 4.39 Å². The highest BCUT2D eigenvalue weighted by Crippen LogP contribution is 2.23. The standard InChI is InChI=1S/C17H20FN3O2/c1-10(19)11-4-6-21(7-5-11)17(23)14-9-16(22)20-15-8-12(18)2-3-13(14)15/h2-3,8-11H,4-7,19H2,1H3,(H,20,22). The van der Waals surface area contributed by atoms with Crippen molar-refractivity contribution in [1.82, 2.24) is 9.88 Å². The highest BCUT2D eigenvalue weighted by Gasteiger charge is 2.26. The van der Waals surface area contributed by atoms with E-state index in [1.54, 1.807) is 4.90 Å². The molecule has 1 fully saturated rings. The van der Waals surface area contributed by atoms with E-state index in [1.807, 2.05) is 6.92 Å². The van der Waals surface area contributed by atoms with Crippen LogP contribution in [0.1, 0.15) is 30.1 Å². The number of fused-ring (bicyclic) bond motifs is 1. The number of piperidine rings is 1. The summed E-state index contributed by atoms with van der Waals surface area (Å²) in [6.45, 7) is 3.24. The molecule has 1 saturated heterocycles. The summed E-state index contributed by atoms with van der Waals surface area (Å²) in [6, 6.07) is 5.47. The van der Waals surface area contributed by atoms with Crippen LogP contribution in [0, 0.1) is 11.7 Å². The summed E-state index contributed by atoms with van der Waals surface area (Å²) < 4.78 is 13.3. The Bertz CT molecular complexity index is 792. The molecule has 1 unspecified atom stereocenters. The maximum Gasteiger partial charge on any atom is 0.254 e. The van der Waals surface area contributed by atoms with Crippen molar-refractivity contribution in [3.63, 3.8) is 0 Å². The lowest BCUT2D eigenvalue weighted by atomic mass is 9.90. The molecule has 122 valence electrons. The molecule has 0 aliphatic carbocycles. The van der Waals surface area contributed by atoms with Crippen LogP contribution in [-0.4, -0.2) is 34.9 Å². The van der Waals surface area contributed by atoms with Gasteiger partial charge in [0, 0.05) is 30.6 Å². The number of hydrogen-bond acceptors (Lipinski definition) is 3. The van der Waals surface area contributed by atoms with Crippen LogP contribution in [0.2, 0.25) is 0 Å². The van der Waals surface area contributed by atoms with E-state index in [0.29, 0.717) is 35.5 Å². The van der Waals surface area contributed by atoms with Crippen molar-refractivity contribution >= 4 is 16.8 Å². The Morgan fingerprint density at radius 3 is 2.70 bits per heavy atom. The molecule has 0 bridgehead atoms. The lowest BCUT2D eigenvalue weighted by molar-refractivity contribution is 0.0683. The lowest BCUT2D eigenvalue weighted by Gasteiger charge is -2.33. The number of nitrogens with zero attached hydrogens (tertiary/aromatic N) is 1. The van der Waals surface area contributed by atoms with Crippen LogP contribution in [-0.2, 0) is 0 Å². The number of benzene rings is 1. The Morgan fingerprint density at radius 2 is 2.04 bits per heavy atom. The van der Waals surface area contributed by atoms with E-state index in [1.165, 1.54) is 24.3 Å². The monoisotopic (exact) mass is 317 g/mol. The molecule has 0 spiro atoms. The number of aromatic amines is 1. The maximum absolute atomic E-state index is 13.3. The van der Waals surface area contributed by atoms with Gasteiger partial charge < -0.3 is 15.6 Å². The van der Waals surface area contributed by atoms with Crippen LogP contribution in [0.15, 0.2) is 29.1 Å². The molecule has 0 radical (unpaired) electrons. The molecule has 1 aromatic heterocycles. The van der Waals surface area contributed by atoms with Gasteiger partial charge in [-0.3, -0.25) is 9.59 Å². The topological polar surface area (TPSA) is 79.2 Å². The third-order valence-electron chi connectivity index (χ3n) is 4.61. The average molecular weight is 317 g/mol. The maximum atomic E-state index is 13.3. The number of hydrogen-bond donors (Lipinski definition) is 2. The fourth-order valence-electron chi connectivity index (χ4n) is 3.21.